The van der Waals surface area contributed by atoms with Crippen LogP contribution in [0.4, 0.5) is 26.3 Å². The van der Waals surface area contributed by atoms with Crippen molar-refractivity contribution in [2.75, 3.05) is 6.54 Å². The maximum atomic E-state index is 13.1. The molecule has 2 aromatic rings. The Hall–Kier alpha value is -2.59. The Morgan fingerprint density at radius 2 is 1.52 bits per heavy atom. The molecule has 3 rings (SSSR count). The highest BCUT2D eigenvalue weighted by molar-refractivity contribution is 5.83. The first-order chi connectivity index (χ1) is 13.4. The quantitative estimate of drug-likeness (QED) is 0.696. The van der Waals surface area contributed by atoms with Crippen molar-refractivity contribution < 1.29 is 41.5 Å². The van der Waals surface area contributed by atoms with E-state index in [1.807, 2.05) is 0 Å². The molecule has 1 fully saturated rings. The van der Waals surface area contributed by atoms with E-state index in [0.717, 1.165) is 36.4 Å². The van der Waals surface area contributed by atoms with Crippen molar-refractivity contribution in [2.45, 2.75) is 30.2 Å². The van der Waals surface area contributed by atoms with Crippen LogP contribution in [0.3, 0.4) is 0 Å². The highest BCUT2D eigenvalue weighted by Gasteiger charge is 2.57. The van der Waals surface area contributed by atoms with Crippen LogP contribution in [0, 0.1) is 0 Å². The van der Waals surface area contributed by atoms with Crippen molar-refractivity contribution in [1.82, 2.24) is 5.06 Å². The first kappa shape index (κ1) is 21.1. The minimum absolute atomic E-state index is 0.0452. The summed E-state index contributed by atoms with van der Waals surface area (Å²) in [7, 11) is 0. The number of alkyl halides is 6. The normalized spacial score (nSPS) is 23.3. The maximum Gasteiger partial charge on any atom is 0.416 e. The Morgan fingerprint density at radius 3 is 2.07 bits per heavy atom. The summed E-state index contributed by atoms with van der Waals surface area (Å²) in [6.07, 6.45) is -9.52. The van der Waals surface area contributed by atoms with Gasteiger partial charge in [0.25, 0.3) is 0 Å². The first-order valence-electron chi connectivity index (χ1n) is 8.43. The fourth-order valence-corrected chi connectivity index (χ4v) is 3.82. The van der Waals surface area contributed by atoms with Gasteiger partial charge in [-0.05, 0) is 35.7 Å². The topological polar surface area (TPSA) is 60.8 Å². The van der Waals surface area contributed by atoms with Crippen LogP contribution in [0.1, 0.15) is 34.6 Å². The third-order valence-corrected chi connectivity index (χ3v) is 5.11. The molecular weight excluding hydrogens is 404 g/mol. The molecule has 0 spiro atoms. The summed E-state index contributed by atoms with van der Waals surface area (Å²) in [4.78, 5) is 12.3. The highest BCUT2D eigenvalue weighted by Crippen LogP contribution is 2.50. The van der Waals surface area contributed by atoms with E-state index in [4.69, 9.17) is 0 Å². The van der Waals surface area contributed by atoms with Gasteiger partial charge in [-0.1, -0.05) is 30.3 Å². The second-order valence-electron chi connectivity index (χ2n) is 6.74. The molecule has 0 aliphatic carbocycles. The molecule has 0 amide bonds. The first-order valence-corrected chi connectivity index (χ1v) is 8.43. The molecule has 2 unspecified atom stereocenters. The van der Waals surface area contributed by atoms with Gasteiger partial charge >= 0.3 is 18.3 Å². The Labute approximate surface area is 160 Å². The predicted molar refractivity (Wildman–Crippen MR) is 88.1 cm³/mol. The number of carboxylic acid groups (broad SMARTS) is 1. The Bertz CT molecular complexity index is 927. The van der Waals surface area contributed by atoms with Crippen molar-refractivity contribution in [3.8, 4) is 0 Å². The Kier molecular flexibility index (Phi) is 5.12. The molecular formula is C19H15F6NO3. The molecule has 29 heavy (non-hydrogen) atoms. The monoisotopic (exact) mass is 419 g/mol. The minimum atomic E-state index is -4.76. The van der Waals surface area contributed by atoms with E-state index in [9.17, 15) is 41.5 Å². The lowest BCUT2D eigenvalue weighted by Gasteiger charge is -2.36. The van der Waals surface area contributed by atoms with Crippen LogP contribution in [0.2, 0.25) is 0 Å². The van der Waals surface area contributed by atoms with Crippen LogP contribution >= 0.6 is 0 Å². The lowest BCUT2D eigenvalue weighted by Crippen LogP contribution is -2.49. The zero-order chi connectivity index (χ0) is 21.6. The summed E-state index contributed by atoms with van der Waals surface area (Å²) >= 11 is 0. The van der Waals surface area contributed by atoms with Crippen LogP contribution in [0.5, 0.6) is 0 Å². The van der Waals surface area contributed by atoms with Gasteiger partial charge in [0.05, 0.1) is 11.1 Å². The van der Waals surface area contributed by atoms with E-state index < -0.39 is 40.9 Å². The van der Waals surface area contributed by atoms with Gasteiger partial charge < -0.3 is 10.3 Å². The largest absolute Gasteiger partial charge is 0.480 e. The third-order valence-electron chi connectivity index (χ3n) is 5.11. The van der Waals surface area contributed by atoms with Crippen molar-refractivity contribution in [3.63, 3.8) is 0 Å². The van der Waals surface area contributed by atoms with Gasteiger partial charge in [-0.25, -0.2) is 4.79 Å². The van der Waals surface area contributed by atoms with E-state index in [1.165, 1.54) is 6.07 Å². The SMILES string of the molecule is O=C(O)C1(c2cccc(C(F)(F)F)c2)C(c2cccc(C(F)(F)F)c2)CCN1O. The molecule has 1 saturated heterocycles. The van der Waals surface area contributed by atoms with E-state index in [-0.39, 0.29) is 24.1 Å². The van der Waals surface area contributed by atoms with Crippen LogP contribution in [-0.2, 0) is 22.7 Å². The van der Waals surface area contributed by atoms with Gasteiger partial charge in [0, 0.05) is 12.5 Å². The average Bonchev–Trinajstić information content (AvgIpc) is 2.98. The highest BCUT2D eigenvalue weighted by atomic mass is 19.4. The number of hydrogen-bond donors (Lipinski definition) is 2. The second-order valence-corrected chi connectivity index (χ2v) is 6.74. The van der Waals surface area contributed by atoms with E-state index in [1.54, 1.807) is 0 Å². The number of halogens is 6. The summed E-state index contributed by atoms with van der Waals surface area (Å²) < 4.78 is 78.7. The van der Waals surface area contributed by atoms with Crippen LogP contribution < -0.4 is 0 Å². The molecule has 0 bridgehead atoms. The number of hydroxylamine groups is 2. The number of carbonyl (C=O) groups is 1. The van der Waals surface area contributed by atoms with Gasteiger partial charge in [-0.3, -0.25) is 0 Å². The third kappa shape index (κ3) is 3.58. The van der Waals surface area contributed by atoms with Gasteiger partial charge in [0.15, 0.2) is 5.54 Å². The van der Waals surface area contributed by atoms with Crippen molar-refractivity contribution >= 4 is 5.97 Å². The van der Waals surface area contributed by atoms with Crippen LogP contribution in [0.15, 0.2) is 48.5 Å². The number of rotatable bonds is 3. The molecule has 156 valence electrons. The summed E-state index contributed by atoms with van der Waals surface area (Å²) in [6.45, 7) is -0.247. The molecule has 10 heteroatoms. The molecule has 2 N–H and O–H groups in total. The minimum Gasteiger partial charge on any atom is -0.480 e. The van der Waals surface area contributed by atoms with E-state index >= 15 is 0 Å². The second kappa shape index (κ2) is 7.03. The van der Waals surface area contributed by atoms with Crippen molar-refractivity contribution in [2.24, 2.45) is 0 Å². The zero-order valence-corrected chi connectivity index (χ0v) is 14.6. The van der Waals surface area contributed by atoms with Crippen molar-refractivity contribution in [1.29, 1.82) is 0 Å². The van der Waals surface area contributed by atoms with E-state index in [2.05, 4.69) is 0 Å². The van der Waals surface area contributed by atoms with Crippen LogP contribution in [-0.4, -0.2) is 27.9 Å². The predicted octanol–water partition coefficient (Wildman–Crippen LogP) is 4.88. The maximum absolute atomic E-state index is 13.1. The fourth-order valence-electron chi connectivity index (χ4n) is 3.82. The summed E-state index contributed by atoms with van der Waals surface area (Å²) in [6, 6.07) is 7.38. The number of benzene rings is 2. The van der Waals surface area contributed by atoms with Gasteiger partial charge in [0.1, 0.15) is 0 Å². The fraction of sp³-hybridized carbons (Fsp3) is 0.316. The molecule has 0 aromatic heterocycles. The number of aliphatic carboxylic acids is 1. The Morgan fingerprint density at radius 1 is 0.966 bits per heavy atom. The number of hydrogen-bond acceptors (Lipinski definition) is 3. The number of carboxylic acids is 1. The standard InChI is InChI=1S/C19H15F6NO3/c20-18(21,22)13-5-1-3-11(9-13)15-7-8-26(29)17(15,16(27)28)12-4-2-6-14(10-12)19(23,24)25/h1-6,9-10,15,29H,7-8H2,(H,27,28). The zero-order valence-electron chi connectivity index (χ0n) is 14.6. The molecule has 1 heterocycles. The van der Waals surface area contributed by atoms with Gasteiger partial charge in [0.2, 0.25) is 0 Å². The summed E-state index contributed by atoms with van der Waals surface area (Å²) in [5.74, 6) is -2.88. The van der Waals surface area contributed by atoms with Crippen molar-refractivity contribution in [3.05, 3.63) is 70.8 Å². The molecule has 4 nitrogen and oxygen atoms in total. The van der Waals surface area contributed by atoms with E-state index in [0.29, 0.717) is 11.1 Å². The molecule has 2 atom stereocenters. The van der Waals surface area contributed by atoms with Gasteiger partial charge in [-0.15, -0.1) is 0 Å². The van der Waals surface area contributed by atoms with Crippen LogP contribution in [0.25, 0.3) is 0 Å². The lowest BCUT2D eigenvalue weighted by molar-refractivity contribution is -0.189. The summed E-state index contributed by atoms with van der Waals surface area (Å²) in [5.41, 5.74) is -4.93. The Balaban J connectivity index is 2.20. The molecule has 1 aliphatic heterocycles. The molecule has 0 radical (unpaired) electrons. The van der Waals surface area contributed by atoms with Gasteiger partial charge in [-0.2, -0.15) is 31.4 Å². The molecule has 2 aromatic carbocycles. The molecule has 1 aliphatic rings. The number of nitrogens with zero attached hydrogens (tertiary/aromatic N) is 1. The smallest absolute Gasteiger partial charge is 0.416 e. The average molecular weight is 419 g/mol. The lowest BCUT2D eigenvalue weighted by atomic mass is 9.75. The molecule has 0 saturated carbocycles. The summed E-state index contributed by atoms with van der Waals surface area (Å²) in [5, 5.41) is 20.7.